The summed E-state index contributed by atoms with van der Waals surface area (Å²) < 4.78 is 0. The van der Waals surface area contributed by atoms with E-state index in [1.54, 1.807) is 0 Å². The average Bonchev–Trinajstić information content (AvgIpc) is 2.97. The van der Waals surface area contributed by atoms with Gasteiger partial charge in [0, 0.05) is 45.3 Å². The molecule has 2 fully saturated rings. The number of rotatable bonds is 3. The Balaban J connectivity index is 1.53. The van der Waals surface area contributed by atoms with Crippen LogP contribution in [0.3, 0.4) is 0 Å². The van der Waals surface area contributed by atoms with E-state index in [-0.39, 0.29) is 0 Å². The van der Waals surface area contributed by atoms with Crippen molar-refractivity contribution in [2.24, 2.45) is 0 Å². The van der Waals surface area contributed by atoms with Gasteiger partial charge in [-0.1, -0.05) is 23.8 Å². The van der Waals surface area contributed by atoms with Crippen molar-refractivity contribution in [2.45, 2.75) is 32.9 Å². The Morgan fingerprint density at radius 1 is 1.15 bits per heavy atom. The molecule has 1 atom stereocenters. The summed E-state index contributed by atoms with van der Waals surface area (Å²) in [5.74, 6) is 0. The molecular weight excluding hydrogens is 246 g/mol. The van der Waals surface area contributed by atoms with Gasteiger partial charge in [-0.15, -0.1) is 0 Å². The molecule has 0 spiro atoms. The molecule has 1 aromatic carbocycles. The van der Waals surface area contributed by atoms with Gasteiger partial charge in [0.15, 0.2) is 0 Å². The highest BCUT2D eigenvalue weighted by molar-refractivity contribution is 5.30. The molecule has 2 aliphatic heterocycles. The van der Waals surface area contributed by atoms with Gasteiger partial charge in [-0.25, -0.2) is 0 Å². The quantitative estimate of drug-likeness (QED) is 0.906. The number of benzene rings is 1. The zero-order chi connectivity index (χ0) is 13.9. The Hall–Kier alpha value is -0.900. The first-order valence-electron chi connectivity index (χ1n) is 7.95. The molecule has 0 bridgehead atoms. The van der Waals surface area contributed by atoms with E-state index in [1.165, 1.54) is 62.4 Å². The fourth-order valence-electron chi connectivity index (χ4n) is 3.50. The topological polar surface area (TPSA) is 18.5 Å². The number of nitrogens with one attached hydrogen (secondary N) is 1. The van der Waals surface area contributed by atoms with Gasteiger partial charge in [-0.2, -0.15) is 0 Å². The first-order valence-corrected chi connectivity index (χ1v) is 7.95. The van der Waals surface area contributed by atoms with Crippen molar-refractivity contribution in [1.29, 1.82) is 0 Å². The van der Waals surface area contributed by atoms with Crippen LogP contribution >= 0.6 is 0 Å². The monoisotopic (exact) mass is 273 g/mol. The molecule has 0 aliphatic carbocycles. The van der Waals surface area contributed by atoms with E-state index >= 15 is 0 Å². The lowest BCUT2D eigenvalue weighted by atomic mass is 10.0. The lowest BCUT2D eigenvalue weighted by Crippen LogP contribution is -2.50. The van der Waals surface area contributed by atoms with Crippen LogP contribution in [0.4, 0.5) is 0 Å². The second-order valence-corrected chi connectivity index (χ2v) is 6.39. The molecule has 110 valence electrons. The van der Waals surface area contributed by atoms with E-state index in [0.29, 0.717) is 0 Å². The van der Waals surface area contributed by atoms with Gasteiger partial charge < -0.3 is 5.32 Å². The number of nitrogens with zero attached hydrogens (tertiary/aromatic N) is 2. The number of aryl methyl sites for hydroxylation is 2. The van der Waals surface area contributed by atoms with E-state index < -0.39 is 0 Å². The van der Waals surface area contributed by atoms with Gasteiger partial charge in [-0.3, -0.25) is 9.80 Å². The predicted octanol–water partition coefficient (Wildman–Crippen LogP) is 1.78. The van der Waals surface area contributed by atoms with E-state index in [2.05, 4.69) is 47.2 Å². The third kappa shape index (κ3) is 3.22. The maximum Gasteiger partial charge on any atom is 0.0237 e. The first kappa shape index (κ1) is 14.1. The summed E-state index contributed by atoms with van der Waals surface area (Å²) in [4.78, 5) is 5.29. The Morgan fingerprint density at radius 3 is 2.60 bits per heavy atom. The highest BCUT2D eigenvalue weighted by atomic mass is 15.3. The summed E-state index contributed by atoms with van der Waals surface area (Å²) in [6, 6.07) is 7.63. The smallest absolute Gasteiger partial charge is 0.0237 e. The lowest BCUT2D eigenvalue weighted by Gasteiger charge is -2.38. The molecule has 0 aromatic heterocycles. The summed E-state index contributed by atoms with van der Waals surface area (Å²) in [7, 11) is 0. The molecule has 2 saturated heterocycles. The van der Waals surface area contributed by atoms with Crippen molar-refractivity contribution in [1.82, 2.24) is 15.1 Å². The van der Waals surface area contributed by atoms with Gasteiger partial charge in [0.25, 0.3) is 0 Å². The SMILES string of the molecule is Cc1ccc(CN2CCN(C3CCNC3)CC2)c(C)c1. The van der Waals surface area contributed by atoms with Gasteiger partial charge in [0.1, 0.15) is 0 Å². The molecule has 2 heterocycles. The highest BCUT2D eigenvalue weighted by Crippen LogP contribution is 2.16. The van der Waals surface area contributed by atoms with Crippen LogP contribution < -0.4 is 5.32 Å². The van der Waals surface area contributed by atoms with Crippen LogP contribution in [0.15, 0.2) is 18.2 Å². The minimum absolute atomic E-state index is 0.790. The zero-order valence-electron chi connectivity index (χ0n) is 12.9. The minimum atomic E-state index is 0.790. The summed E-state index contributed by atoms with van der Waals surface area (Å²) in [5, 5.41) is 3.48. The molecule has 0 saturated carbocycles. The molecule has 1 unspecified atom stereocenters. The Bertz CT molecular complexity index is 444. The molecule has 3 heteroatoms. The van der Waals surface area contributed by atoms with Crippen LogP contribution in [0.25, 0.3) is 0 Å². The van der Waals surface area contributed by atoms with Crippen LogP contribution in [-0.2, 0) is 6.54 Å². The van der Waals surface area contributed by atoms with Crippen LogP contribution in [-0.4, -0.2) is 55.1 Å². The third-order valence-electron chi connectivity index (χ3n) is 4.85. The molecule has 2 aliphatic rings. The third-order valence-corrected chi connectivity index (χ3v) is 4.85. The van der Waals surface area contributed by atoms with E-state index in [4.69, 9.17) is 0 Å². The summed E-state index contributed by atoms with van der Waals surface area (Å²) in [6.07, 6.45) is 1.33. The van der Waals surface area contributed by atoms with Crippen molar-refractivity contribution >= 4 is 0 Å². The second-order valence-electron chi connectivity index (χ2n) is 6.39. The van der Waals surface area contributed by atoms with Gasteiger partial charge in [-0.05, 0) is 37.9 Å². The molecule has 20 heavy (non-hydrogen) atoms. The van der Waals surface area contributed by atoms with Crippen molar-refractivity contribution in [2.75, 3.05) is 39.3 Å². The zero-order valence-corrected chi connectivity index (χ0v) is 12.9. The lowest BCUT2D eigenvalue weighted by molar-refractivity contribution is 0.0980. The van der Waals surface area contributed by atoms with Crippen molar-refractivity contribution in [3.8, 4) is 0 Å². The molecule has 0 radical (unpaired) electrons. The van der Waals surface area contributed by atoms with Gasteiger partial charge in [0.2, 0.25) is 0 Å². The van der Waals surface area contributed by atoms with E-state index in [9.17, 15) is 0 Å². The molecule has 1 N–H and O–H groups in total. The predicted molar refractivity (Wildman–Crippen MR) is 84.0 cm³/mol. The van der Waals surface area contributed by atoms with E-state index in [1.807, 2.05) is 0 Å². The number of hydrogen-bond acceptors (Lipinski definition) is 3. The number of piperazine rings is 1. The Kier molecular flexibility index (Phi) is 4.39. The van der Waals surface area contributed by atoms with Crippen molar-refractivity contribution in [3.63, 3.8) is 0 Å². The minimum Gasteiger partial charge on any atom is -0.315 e. The van der Waals surface area contributed by atoms with Crippen LogP contribution in [0.2, 0.25) is 0 Å². The summed E-state index contributed by atoms with van der Waals surface area (Å²) in [6.45, 7) is 12.8. The number of hydrogen-bond donors (Lipinski definition) is 1. The molecule has 3 rings (SSSR count). The second kappa shape index (κ2) is 6.25. The summed E-state index contributed by atoms with van der Waals surface area (Å²) in [5.41, 5.74) is 4.30. The first-order chi connectivity index (χ1) is 9.72. The molecule has 0 amide bonds. The van der Waals surface area contributed by atoms with Crippen LogP contribution in [0.5, 0.6) is 0 Å². The van der Waals surface area contributed by atoms with Crippen LogP contribution in [0, 0.1) is 13.8 Å². The van der Waals surface area contributed by atoms with E-state index in [0.717, 1.165) is 12.6 Å². The average molecular weight is 273 g/mol. The van der Waals surface area contributed by atoms with Crippen molar-refractivity contribution < 1.29 is 0 Å². The van der Waals surface area contributed by atoms with Crippen LogP contribution in [0.1, 0.15) is 23.1 Å². The Labute approximate surface area is 123 Å². The molecular formula is C17H27N3. The standard InChI is InChI=1S/C17H27N3/c1-14-3-4-16(15(2)11-14)13-19-7-9-20(10-8-19)17-5-6-18-12-17/h3-4,11,17-18H,5-10,12-13H2,1-2H3. The molecule has 3 nitrogen and oxygen atoms in total. The van der Waals surface area contributed by atoms with Gasteiger partial charge >= 0.3 is 0 Å². The fourth-order valence-corrected chi connectivity index (χ4v) is 3.50. The maximum absolute atomic E-state index is 3.48. The fraction of sp³-hybridized carbons (Fsp3) is 0.647. The Morgan fingerprint density at radius 2 is 1.95 bits per heavy atom. The van der Waals surface area contributed by atoms with Crippen molar-refractivity contribution in [3.05, 3.63) is 34.9 Å². The highest BCUT2D eigenvalue weighted by Gasteiger charge is 2.25. The maximum atomic E-state index is 3.48. The van der Waals surface area contributed by atoms with Gasteiger partial charge in [0.05, 0.1) is 0 Å². The largest absolute Gasteiger partial charge is 0.315 e. The summed E-state index contributed by atoms with van der Waals surface area (Å²) >= 11 is 0. The normalized spacial score (nSPS) is 25.2. The molecule has 1 aromatic rings.